The fraction of sp³-hybridized carbons (Fsp3) is 0.368. The fourth-order valence-electron chi connectivity index (χ4n) is 3.44. The zero-order valence-corrected chi connectivity index (χ0v) is 16.5. The van der Waals surface area contributed by atoms with Crippen molar-refractivity contribution in [3.8, 4) is 11.4 Å². The molecular weight excluding hydrogens is 374 g/mol. The van der Waals surface area contributed by atoms with E-state index >= 15 is 0 Å². The second-order valence-electron chi connectivity index (χ2n) is 6.98. The minimum atomic E-state index is -0.121. The van der Waals surface area contributed by atoms with Crippen molar-refractivity contribution in [2.24, 2.45) is 0 Å². The Balaban J connectivity index is 1.38. The summed E-state index contributed by atoms with van der Waals surface area (Å²) in [4.78, 5) is 12.4. The zero-order valence-electron chi connectivity index (χ0n) is 15.7. The Labute approximate surface area is 167 Å². The molecule has 0 bridgehead atoms. The summed E-state index contributed by atoms with van der Waals surface area (Å²) in [6, 6.07) is 10.1. The molecule has 1 aromatic carbocycles. The van der Waals surface area contributed by atoms with Crippen molar-refractivity contribution in [3.63, 3.8) is 0 Å². The standard InChI is InChI=1S/C19H23N7OS/c1-13-6-8-14(9-7-13)18-23-24-19(25(18)20)28-12-17(27)22-16-10-11-21-26(16)15-4-2-3-5-15/h6-11,15H,2-5,12,20H2,1H3,(H,22,27). The van der Waals surface area contributed by atoms with E-state index in [1.807, 2.05) is 41.9 Å². The van der Waals surface area contributed by atoms with Gasteiger partial charge in [-0.05, 0) is 19.8 Å². The summed E-state index contributed by atoms with van der Waals surface area (Å²) in [5.74, 6) is 7.51. The monoisotopic (exact) mass is 397 g/mol. The van der Waals surface area contributed by atoms with Gasteiger partial charge >= 0.3 is 0 Å². The Kier molecular flexibility index (Phi) is 5.34. The summed E-state index contributed by atoms with van der Waals surface area (Å²) >= 11 is 1.26. The van der Waals surface area contributed by atoms with E-state index < -0.39 is 0 Å². The highest BCUT2D eigenvalue weighted by Crippen LogP contribution is 2.31. The molecule has 0 unspecified atom stereocenters. The summed E-state index contributed by atoms with van der Waals surface area (Å²) in [5, 5.41) is 16.1. The Bertz CT molecular complexity index is 957. The van der Waals surface area contributed by atoms with Crippen molar-refractivity contribution in [2.75, 3.05) is 16.9 Å². The molecule has 0 spiro atoms. The highest BCUT2D eigenvalue weighted by atomic mass is 32.2. The van der Waals surface area contributed by atoms with Crippen molar-refractivity contribution in [1.29, 1.82) is 0 Å². The molecule has 0 saturated heterocycles. The minimum absolute atomic E-state index is 0.121. The van der Waals surface area contributed by atoms with E-state index in [4.69, 9.17) is 5.84 Å². The number of hydrogen-bond acceptors (Lipinski definition) is 6. The number of amides is 1. The fourth-order valence-corrected chi connectivity index (χ4v) is 4.09. The smallest absolute Gasteiger partial charge is 0.235 e. The number of nitrogens with zero attached hydrogens (tertiary/aromatic N) is 5. The van der Waals surface area contributed by atoms with Crippen LogP contribution >= 0.6 is 11.8 Å². The van der Waals surface area contributed by atoms with Crippen molar-refractivity contribution in [2.45, 2.75) is 43.8 Å². The van der Waals surface area contributed by atoms with Crippen molar-refractivity contribution in [1.82, 2.24) is 24.7 Å². The maximum absolute atomic E-state index is 12.4. The Hall–Kier alpha value is -2.81. The number of aromatic nitrogens is 5. The van der Waals surface area contributed by atoms with E-state index in [0.29, 0.717) is 17.0 Å². The number of hydrogen-bond donors (Lipinski definition) is 2. The van der Waals surface area contributed by atoms with Crippen LogP contribution in [-0.2, 0) is 4.79 Å². The van der Waals surface area contributed by atoms with Gasteiger partial charge in [-0.15, -0.1) is 10.2 Å². The molecule has 2 heterocycles. The second-order valence-corrected chi connectivity index (χ2v) is 7.92. The number of carbonyl (C=O) groups is 1. The van der Waals surface area contributed by atoms with Crippen LogP contribution in [-0.4, -0.2) is 36.3 Å². The molecule has 8 nitrogen and oxygen atoms in total. The van der Waals surface area contributed by atoms with Gasteiger partial charge in [-0.25, -0.2) is 9.36 Å². The SMILES string of the molecule is Cc1ccc(-c2nnc(SCC(=O)Nc3ccnn3C3CCCC3)n2N)cc1. The third-order valence-corrected chi connectivity index (χ3v) is 5.86. The van der Waals surface area contributed by atoms with Gasteiger partial charge in [-0.3, -0.25) is 4.79 Å². The van der Waals surface area contributed by atoms with E-state index in [0.717, 1.165) is 29.8 Å². The van der Waals surface area contributed by atoms with Crippen LogP contribution in [0.3, 0.4) is 0 Å². The highest BCUT2D eigenvalue weighted by molar-refractivity contribution is 7.99. The summed E-state index contributed by atoms with van der Waals surface area (Å²) in [6.45, 7) is 2.02. The quantitative estimate of drug-likeness (QED) is 0.489. The first kappa shape index (κ1) is 18.5. The molecule has 1 aliphatic carbocycles. The normalized spacial score (nSPS) is 14.5. The molecule has 1 aliphatic rings. The van der Waals surface area contributed by atoms with Gasteiger partial charge in [-0.1, -0.05) is 54.4 Å². The molecule has 0 radical (unpaired) electrons. The maximum atomic E-state index is 12.4. The van der Waals surface area contributed by atoms with Crippen LogP contribution < -0.4 is 11.2 Å². The molecule has 1 fully saturated rings. The lowest BCUT2D eigenvalue weighted by molar-refractivity contribution is -0.113. The van der Waals surface area contributed by atoms with Crippen LogP contribution in [0.15, 0.2) is 41.7 Å². The summed E-state index contributed by atoms with van der Waals surface area (Å²) in [6.07, 6.45) is 6.37. The number of carbonyl (C=O) groups excluding carboxylic acids is 1. The van der Waals surface area contributed by atoms with Crippen LogP contribution in [0.1, 0.15) is 37.3 Å². The molecule has 0 aliphatic heterocycles. The Morgan fingerprint density at radius 1 is 1.21 bits per heavy atom. The maximum Gasteiger partial charge on any atom is 0.235 e. The van der Waals surface area contributed by atoms with E-state index in [1.54, 1.807) is 6.20 Å². The lowest BCUT2D eigenvalue weighted by Crippen LogP contribution is -2.20. The average molecular weight is 398 g/mol. The first-order valence-electron chi connectivity index (χ1n) is 9.35. The summed E-state index contributed by atoms with van der Waals surface area (Å²) in [7, 11) is 0. The molecule has 1 amide bonds. The van der Waals surface area contributed by atoms with Gasteiger partial charge in [0.15, 0.2) is 5.82 Å². The topological polar surface area (TPSA) is 104 Å². The lowest BCUT2D eigenvalue weighted by atomic mass is 10.1. The number of thioether (sulfide) groups is 1. The van der Waals surface area contributed by atoms with Gasteiger partial charge < -0.3 is 11.2 Å². The molecule has 2 aromatic heterocycles. The minimum Gasteiger partial charge on any atom is -0.335 e. The van der Waals surface area contributed by atoms with Gasteiger partial charge in [0.2, 0.25) is 11.1 Å². The number of aryl methyl sites for hydroxylation is 1. The molecule has 28 heavy (non-hydrogen) atoms. The van der Waals surface area contributed by atoms with E-state index in [-0.39, 0.29) is 11.7 Å². The molecule has 3 N–H and O–H groups in total. The van der Waals surface area contributed by atoms with Gasteiger partial charge in [0.05, 0.1) is 18.0 Å². The van der Waals surface area contributed by atoms with Crippen LogP contribution in [0.4, 0.5) is 5.82 Å². The van der Waals surface area contributed by atoms with Crippen molar-refractivity contribution in [3.05, 3.63) is 42.1 Å². The van der Waals surface area contributed by atoms with Crippen molar-refractivity contribution >= 4 is 23.5 Å². The van der Waals surface area contributed by atoms with Crippen LogP contribution in [0, 0.1) is 6.92 Å². The van der Waals surface area contributed by atoms with E-state index in [1.165, 1.54) is 29.3 Å². The van der Waals surface area contributed by atoms with Crippen LogP contribution in [0.25, 0.3) is 11.4 Å². The van der Waals surface area contributed by atoms with Crippen molar-refractivity contribution < 1.29 is 4.79 Å². The number of rotatable bonds is 6. The number of nitrogens with two attached hydrogens (primary N) is 1. The number of nitrogen functional groups attached to an aromatic ring is 1. The molecule has 4 rings (SSSR count). The van der Waals surface area contributed by atoms with Gasteiger partial charge in [0.1, 0.15) is 5.82 Å². The first-order valence-corrected chi connectivity index (χ1v) is 10.3. The van der Waals surface area contributed by atoms with Gasteiger partial charge in [0.25, 0.3) is 0 Å². The number of nitrogens with one attached hydrogen (secondary N) is 1. The molecule has 1 saturated carbocycles. The summed E-state index contributed by atoms with van der Waals surface area (Å²) < 4.78 is 3.35. The van der Waals surface area contributed by atoms with Gasteiger partial charge in [0, 0.05) is 11.6 Å². The average Bonchev–Trinajstić information content (AvgIpc) is 3.42. The first-order chi connectivity index (χ1) is 13.6. The van der Waals surface area contributed by atoms with Crippen LogP contribution in [0.5, 0.6) is 0 Å². The predicted octanol–water partition coefficient (Wildman–Crippen LogP) is 3.01. The highest BCUT2D eigenvalue weighted by Gasteiger charge is 2.21. The number of anilines is 1. The lowest BCUT2D eigenvalue weighted by Gasteiger charge is -2.14. The molecule has 9 heteroatoms. The molecule has 146 valence electrons. The third-order valence-electron chi connectivity index (χ3n) is 4.92. The van der Waals surface area contributed by atoms with Crippen LogP contribution in [0.2, 0.25) is 0 Å². The second kappa shape index (κ2) is 8.05. The molecule has 3 aromatic rings. The zero-order chi connectivity index (χ0) is 19.5. The molecular formula is C19H23N7OS. The predicted molar refractivity (Wildman–Crippen MR) is 109 cm³/mol. The molecule has 0 atom stereocenters. The van der Waals surface area contributed by atoms with Gasteiger partial charge in [-0.2, -0.15) is 5.10 Å². The number of benzene rings is 1. The van der Waals surface area contributed by atoms with E-state index in [2.05, 4.69) is 20.6 Å². The summed E-state index contributed by atoms with van der Waals surface area (Å²) in [5.41, 5.74) is 2.05. The Morgan fingerprint density at radius 2 is 1.96 bits per heavy atom. The third kappa shape index (κ3) is 3.89. The largest absolute Gasteiger partial charge is 0.335 e. The van der Waals surface area contributed by atoms with E-state index in [9.17, 15) is 4.79 Å². The Morgan fingerprint density at radius 3 is 2.71 bits per heavy atom.